The van der Waals surface area contributed by atoms with Crippen LogP contribution in [-0.2, 0) is 17.9 Å². The average Bonchev–Trinajstić information content (AvgIpc) is 3.48. The lowest BCUT2D eigenvalue weighted by atomic mass is 9.83. The fraction of sp³-hybridized carbons (Fsp3) is 0.645. The molecule has 1 aromatic heterocycles. The summed E-state index contributed by atoms with van der Waals surface area (Å²) >= 11 is 0. The number of amides is 2. The van der Waals surface area contributed by atoms with Crippen molar-refractivity contribution in [2.45, 2.75) is 96.8 Å². The largest absolute Gasteiger partial charge is 0.437 e. The molecule has 3 atom stereocenters. The van der Waals surface area contributed by atoms with Gasteiger partial charge < -0.3 is 15.1 Å². The van der Waals surface area contributed by atoms with Gasteiger partial charge in [0.15, 0.2) is 0 Å². The predicted octanol–water partition coefficient (Wildman–Crippen LogP) is 3.54. The van der Waals surface area contributed by atoms with Crippen LogP contribution in [0.2, 0.25) is 0 Å². The second kappa shape index (κ2) is 13.1. The lowest BCUT2D eigenvalue weighted by Crippen LogP contribution is -2.52. The Labute approximate surface area is 241 Å². The van der Waals surface area contributed by atoms with Crippen molar-refractivity contribution in [1.82, 2.24) is 25.3 Å². The highest BCUT2D eigenvalue weighted by molar-refractivity contribution is 5.99. The van der Waals surface area contributed by atoms with Gasteiger partial charge in [0, 0.05) is 18.2 Å². The number of likely N-dealkylation sites (tertiary alicyclic amines) is 1. The molecule has 5 rings (SSSR count). The van der Waals surface area contributed by atoms with E-state index in [2.05, 4.69) is 20.6 Å². The van der Waals surface area contributed by atoms with E-state index in [4.69, 9.17) is 4.42 Å². The lowest BCUT2D eigenvalue weighted by Gasteiger charge is -2.32. The maximum atomic E-state index is 13.6. The molecule has 10 heteroatoms. The summed E-state index contributed by atoms with van der Waals surface area (Å²) in [5.41, 5.74) is 1.76. The van der Waals surface area contributed by atoms with Gasteiger partial charge in [0.2, 0.25) is 11.7 Å². The molecule has 2 heterocycles. The van der Waals surface area contributed by atoms with Gasteiger partial charge in [-0.1, -0.05) is 38.8 Å². The second-order valence-corrected chi connectivity index (χ2v) is 12.5. The van der Waals surface area contributed by atoms with E-state index < -0.39 is 23.5 Å². The highest BCUT2D eigenvalue weighted by atomic mass is 16.4. The minimum atomic E-state index is -0.864. The number of hydrogen-bond acceptors (Lipinski definition) is 7. The first kappa shape index (κ1) is 29.2. The normalized spacial score (nSPS) is 22.0. The van der Waals surface area contributed by atoms with Gasteiger partial charge in [-0.05, 0) is 87.6 Å². The number of carbonyl (C=O) groups excluding carboxylic acids is 3. The molecule has 0 spiro atoms. The van der Waals surface area contributed by atoms with E-state index in [1.165, 1.54) is 23.1 Å². The van der Waals surface area contributed by atoms with E-state index in [0.29, 0.717) is 37.3 Å². The summed E-state index contributed by atoms with van der Waals surface area (Å²) in [6.07, 6.45) is 8.06. The van der Waals surface area contributed by atoms with E-state index in [1.807, 2.05) is 38.1 Å². The van der Waals surface area contributed by atoms with Gasteiger partial charge in [-0.15, -0.1) is 5.10 Å². The predicted molar refractivity (Wildman–Crippen MR) is 153 cm³/mol. The SMILES string of the molecule is CC(C)C[C@H](NC(=O)[C@@H]1CCCC[C@@H]1NC(=O)c1ccc(CN2CCCC2)cc1)C(=O)c1nn(CC2CC2)c(=O)o1. The second-order valence-electron chi connectivity index (χ2n) is 12.5. The maximum Gasteiger partial charge on any atom is 0.437 e. The summed E-state index contributed by atoms with van der Waals surface area (Å²) in [4.78, 5) is 54.7. The Morgan fingerprint density at radius 3 is 2.39 bits per heavy atom. The van der Waals surface area contributed by atoms with Gasteiger partial charge in [0.1, 0.15) is 0 Å². The van der Waals surface area contributed by atoms with Crippen LogP contribution in [0.25, 0.3) is 0 Å². The standard InChI is InChI=1S/C31H43N5O5/c1-20(2)17-26(27(37)30-34-36(31(40)41-30)19-22-9-10-22)33-29(39)24-7-3-4-8-25(24)32-28(38)23-13-11-21(12-14-23)18-35-15-5-6-16-35/h11-14,20,22,24-26H,3-10,15-19H2,1-2H3,(H,32,38)(H,33,39)/t24-,25+,26+/m1/s1. The maximum absolute atomic E-state index is 13.6. The summed E-state index contributed by atoms with van der Waals surface area (Å²) in [5.74, 6) is -1.81. The zero-order chi connectivity index (χ0) is 28.9. The van der Waals surface area contributed by atoms with Crippen LogP contribution in [0.4, 0.5) is 0 Å². The van der Waals surface area contributed by atoms with Gasteiger partial charge in [-0.25, -0.2) is 4.79 Å². The topological polar surface area (TPSA) is 127 Å². The first-order valence-electron chi connectivity index (χ1n) is 15.3. The van der Waals surface area contributed by atoms with Crippen LogP contribution in [0.1, 0.15) is 98.2 Å². The van der Waals surface area contributed by atoms with Gasteiger partial charge in [-0.2, -0.15) is 4.68 Å². The number of benzene rings is 1. The molecule has 1 saturated heterocycles. The number of aromatic nitrogens is 2. The molecule has 3 fully saturated rings. The third-order valence-electron chi connectivity index (χ3n) is 8.53. The van der Waals surface area contributed by atoms with E-state index in [-0.39, 0.29) is 29.7 Å². The Balaban J connectivity index is 1.22. The zero-order valence-corrected chi connectivity index (χ0v) is 24.3. The summed E-state index contributed by atoms with van der Waals surface area (Å²) in [6.45, 7) is 7.52. The molecular formula is C31H43N5O5. The van der Waals surface area contributed by atoms with Crippen molar-refractivity contribution in [1.29, 1.82) is 0 Å². The van der Waals surface area contributed by atoms with Crippen LogP contribution < -0.4 is 16.4 Å². The van der Waals surface area contributed by atoms with Crippen LogP contribution in [0.15, 0.2) is 33.5 Å². The van der Waals surface area contributed by atoms with Crippen molar-refractivity contribution in [3.63, 3.8) is 0 Å². The molecule has 1 aromatic carbocycles. The van der Waals surface area contributed by atoms with E-state index >= 15 is 0 Å². The minimum absolute atomic E-state index is 0.111. The Bertz CT molecular complexity index is 1270. The smallest absolute Gasteiger partial charge is 0.384 e. The van der Waals surface area contributed by atoms with Gasteiger partial charge in [0.25, 0.3) is 11.8 Å². The molecular weight excluding hydrogens is 522 g/mol. The number of ketones is 1. The Hall–Kier alpha value is -3.27. The van der Waals surface area contributed by atoms with Crippen molar-refractivity contribution in [2.75, 3.05) is 13.1 Å². The number of rotatable bonds is 12. The van der Waals surface area contributed by atoms with Crippen LogP contribution in [0, 0.1) is 17.8 Å². The summed E-state index contributed by atoms with van der Waals surface area (Å²) in [6, 6.07) is 6.52. The highest BCUT2D eigenvalue weighted by Gasteiger charge is 2.36. The van der Waals surface area contributed by atoms with Crippen molar-refractivity contribution < 1.29 is 18.8 Å². The van der Waals surface area contributed by atoms with Crippen molar-refractivity contribution in [3.05, 3.63) is 51.8 Å². The molecule has 41 heavy (non-hydrogen) atoms. The summed E-state index contributed by atoms with van der Waals surface area (Å²) in [7, 11) is 0. The molecule has 0 bridgehead atoms. The van der Waals surface area contributed by atoms with Crippen molar-refractivity contribution in [3.8, 4) is 0 Å². The van der Waals surface area contributed by atoms with Crippen molar-refractivity contribution in [2.24, 2.45) is 17.8 Å². The number of hydrogen-bond donors (Lipinski definition) is 2. The summed E-state index contributed by atoms with van der Waals surface area (Å²) < 4.78 is 6.41. The first-order chi connectivity index (χ1) is 19.8. The van der Waals surface area contributed by atoms with E-state index in [9.17, 15) is 19.2 Å². The van der Waals surface area contributed by atoms with Crippen LogP contribution in [-0.4, -0.2) is 57.5 Å². The third-order valence-corrected chi connectivity index (χ3v) is 8.53. The fourth-order valence-electron chi connectivity index (χ4n) is 6.03. The molecule has 2 aromatic rings. The Kier molecular flexibility index (Phi) is 9.37. The Morgan fingerprint density at radius 1 is 1.00 bits per heavy atom. The van der Waals surface area contributed by atoms with Gasteiger partial charge >= 0.3 is 5.76 Å². The molecule has 1 aliphatic heterocycles. The molecule has 222 valence electrons. The van der Waals surface area contributed by atoms with Crippen LogP contribution >= 0.6 is 0 Å². The molecule has 2 aliphatic carbocycles. The molecule has 2 amide bonds. The molecule has 2 saturated carbocycles. The van der Waals surface area contributed by atoms with E-state index in [0.717, 1.165) is 45.3 Å². The average molecular weight is 566 g/mol. The van der Waals surface area contributed by atoms with E-state index in [1.54, 1.807) is 0 Å². The number of carbonyl (C=O) groups is 3. The lowest BCUT2D eigenvalue weighted by molar-refractivity contribution is -0.127. The monoisotopic (exact) mass is 565 g/mol. The van der Waals surface area contributed by atoms with Crippen molar-refractivity contribution >= 4 is 17.6 Å². The highest BCUT2D eigenvalue weighted by Crippen LogP contribution is 2.30. The number of nitrogens with zero attached hydrogens (tertiary/aromatic N) is 3. The summed E-state index contributed by atoms with van der Waals surface area (Å²) in [5, 5.41) is 10.2. The molecule has 3 aliphatic rings. The minimum Gasteiger partial charge on any atom is -0.384 e. The first-order valence-corrected chi connectivity index (χ1v) is 15.3. The van der Waals surface area contributed by atoms with Gasteiger partial charge in [0.05, 0.1) is 18.5 Å². The molecule has 0 radical (unpaired) electrons. The number of nitrogens with one attached hydrogen (secondary N) is 2. The molecule has 10 nitrogen and oxygen atoms in total. The third kappa shape index (κ3) is 7.72. The van der Waals surface area contributed by atoms with Gasteiger partial charge in [-0.3, -0.25) is 19.3 Å². The Morgan fingerprint density at radius 2 is 1.71 bits per heavy atom. The fourth-order valence-corrected chi connectivity index (χ4v) is 6.03. The molecule has 0 unspecified atom stereocenters. The van der Waals surface area contributed by atoms with Crippen LogP contribution in [0.5, 0.6) is 0 Å². The quantitative estimate of drug-likeness (QED) is 0.377. The molecule has 2 N–H and O–H groups in total. The zero-order valence-electron chi connectivity index (χ0n) is 24.3. The number of Topliss-reactive ketones (excluding diaryl/α,β-unsaturated/α-hetero) is 1. The van der Waals surface area contributed by atoms with Crippen LogP contribution in [0.3, 0.4) is 0 Å².